The molecule has 0 atom stereocenters. The van der Waals surface area contributed by atoms with E-state index < -0.39 is 0 Å². The second kappa shape index (κ2) is 6.88. The maximum absolute atomic E-state index is 3.56. The molecule has 2 rings (SSSR count). The summed E-state index contributed by atoms with van der Waals surface area (Å²) in [5.74, 6) is 0. The summed E-state index contributed by atoms with van der Waals surface area (Å²) in [4.78, 5) is 5.37. The number of halogens is 1. The minimum atomic E-state index is 1.00. The van der Waals surface area contributed by atoms with Crippen molar-refractivity contribution >= 4 is 27.3 Å². The van der Waals surface area contributed by atoms with Crippen molar-refractivity contribution in [1.82, 2.24) is 10.2 Å². The van der Waals surface area contributed by atoms with Crippen LogP contribution in [0.5, 0.6) is 0 Å². The predicted octanol–water partition coefficient (Wildman–Crippen LogP) is 3.39. The average Bonchev–Trinajstić information content (AvgIpc) is 2.66. The van der Waals surface area contributed by atoms with Gasteiger partial charge in [-0.2, -0.15) is 0 Å². The van der Waals surface area contributed by atoms with Crippen LogP contribution in [0.2, 0.25) is 0 Å². The van der Waals surface area contributed by atoms with Gasteiger partial charge in [0.1, 0.15) is 0 Å². The average molecular weight is 317 g/mol. The molecule has 96 valence electrons. The molecule has 1 saturated heterocycles. The minimum absolute atomic E-state index is 1.00. The molecule has 1 aromatic heterocycles. The van der Waals surface area contributed by atoms with E-state index in [2.05, 4.69) is 39.1 Å². The monoisotopic (exact) mass is 316 g/mol. The molecule has 0 bridgehead atoms. The molecule has 0 aromatic carbocycles. The van der Waals surface area contributed by atoms with Crippen LogP contribution in [0.4, 0.5) is 0 Å². The van der Waals surface area contributed by atoms with Crippen LogP contribution in [0, 0.1) is 6.92 Å². The molecule has 2 nitrogen and oxygen atoms in total. The summed E-state index contributed by atoms with van der Waals surface area (Å²) >= 11 is 5.44. The molecule has 2 heterocycles. The van der Waals surface area contributed by atoms with Crippen molar-refractivity contribution in [2.75, 3.05) is 26.2 Å². The first-order chi connectivity index (χ1) is 8.25. The van der Waals surface area contributed by atoms with Gasteiger partial charge in [-0.15, -0.1) is 11.3 Å². The van der Waals surface area contributed by atoms with Crippen LogP contribution in [-0.2, 0) is 6.54 Å². The van der Waals surface area contributed by atoms with E-state index in [9.17, 15) is 0 Å². The quantitative estimate of drug-likeness (QED) is 0.838. The summed E-state index contributed by atoms with van der Waals surface area (Å²) in [5.41, 5.74) is 0. The maximum Gasteiger partial charge on any atom is 0.0314 e. The van der Waals surface area contributed by atoms with Crippen molar-refractivity contribution in [3.8, 4) is 0 Å². The van der Waals surface area contributed by atoms with E-state index in [-0.39, 0.29) is 0 Å². The number of piperidine rings is 1. The van der Waals surface area contributed by atoms with E-state index in [1.165, 1.54) is 53.1 Å². The van der Waals surface area contributed by atoms with Crippen molar-refractivity contribution in [1.29, 1.82) is 0 Å². The summed E-state index contributed by atoms with van der Waals surface area (Å²) in [6.07, 6.45) is 4.19. The highest BCUT2D eigenvalue weighted by atomic mass is 79.9. The zero-order valence-corrected chi connectivity index (χ0v) is 12.9. The Bertz CT molecular complexity index is 326. The molecule has 0 spiro atoms. The van der Waals surface area contributed by atoms with Gasteiger partial charge in [0.2, 0.25) is 0 Å². The fourth-order valence-electron chi connectivity index (χ4n) is 2.24. The number of aryl methyl sites for hydroxylation is 1. The SMILES string of the molecule is Cc1sc(CNCCN2CCCCC2)cc1Br. The normalized spacial score (nSPS) is 17.5. The largest absolute Gasteiger partial charge is 0.311 e. The standard InChI is InChI=1S/C13H21BrN2S/c1-11-13(14)9-12(17-11)10-15-5-8-16-6-3-2-4-7-16/h9,15H,2-8,10H2,1H3. The fraction of sp³-hybridized carbons (Fsp3) is 0.692. The van der Waals surface area contributed by atoms with Gasteiger partial charge < -0.3 is 10.2 Å². The van der Waals surface area contributed by atoms with Crippen LogP contribution >= 0.6 is 27.3 Å². The van der Waals surface area contributed by atoms with E-state index in [0.29, 0.717) is 0 Å². The molecule has 0 aliphatic carbocycles. The van der Waals surface area contributed by atoms with Gasteiger partial charge in [0.25, 0.3) is 0 Å². The summed E-state index contributed by atoms with van der Waals surface area (Å²) in [7, 11) is 0. The van der Waals surface area contributed by atoms with E-state index in [1.807, 2.05) is 11.3 Å². The van der Waals surface area contributed by atoms with Crippen molar-refractivity contribution in [2.24, 2.45) is 0 Å². The van der Waals surface area contributed by atoms with Gasteiger partial charge in [-0.05, 0) is 54.9 Å². The van der Waals surface area contributed by atoms with Gasteiger partial charge in [0.05, 0.1) is 0 Å². The van der Waals surface area contributed by atoms with Gasteiger partial charge in [-0.25, -0.2) is 0 Å². The highest BCUT2D eigenvalue weighted by Crippen LogP contribution is 2.25. The number of nitrogens with one attached hydrogen (secondary N) is 1. The van der Waals surface area contributed by atoms with Crippen LogP contribution < -0.4 is 5.32 Å². The van der Waals surface area contributed by atoms with E-state index in [0.717, 1.165) is 13.1 Å². The van der Waals surface area contributed by atoms with Gasteiger partial charge in [0.15, 0.2) is 0 Å². The molecule has 0 saturated carbocycles. The van der Waals surface area contributed by atoms with Crippen LogP contribution in [0.25, 0.3) is 0 Å². The molecule has 0 amide bonds. The van der Waals surface area contributed by atoms with E-state index in [1.54, 1.807) is 0 Å². The summed E-state index contributed by atoms with van der Waals surface area (Å²) in [6, 6.07) is 2.23. The van der Waals surface area contributed by atoms with Crippen LogP contribution in [0.3, 0.4) is 0 Å². The molecule has 1 aliphatic rings. The van der Waals surface area contributed by atoms with Gasteiger partial charge in [-0.1, -0.05) is 6.42 Å². The first-order valence-corrected chi connectivity index (χ1v) is 8.04. The number of likely N-dealkylation sites (tertiary alicyclic amines) is 1. The lowest BCUT2D eigenvalue weighted by molar-refractivity contribution is 0.229. The molecule has 1 N–H and O–H groups in total. The number of hydrogen-bond donors (Lipinski definition) is 1. The minimum Gasteiger partial charge on any atom is -0.311 e. The molecule has 1 aliphatic heterocycles. The zero-order chi connectivity index (χ0) is 12.1. The van der Waals surface area contributed by atoms with Crippen LogP contribution in [-0.4, -0.2) is 31.1 Å². The Morgan fingerprint density at radius 3 is 2.76 bits per heavy atom. The molecule has 0 unspecified atom stereocenters. The molecule has 17 heavy (non-hydrogen) atoms. The maximum atomic E-state index is 3.56. The first kappa shape index (κ1) is 13.5. The van der Waals surface area contributed by atoms with E-state index >= 15 is 0 Å². The summed E-state index contributed by atoms with van der Waals surface area (Å²) in [6.45, 7) is 8.06. The second-order valence-corrected chi connectivity index (χ2v) is 6.89. The Labute approximate surface area is 117 Å². The Balaban J connectivity index is 1.62. The predicted molar refractivity (Wildman–Crippen MR) is 78.8 cm³/mol. The third-order valence-electron chi connectivity index (χ3n) is 3.26. The lowest BCUT2D eigenvalue weighted by Gasteiger charge is -2.26. The first-order valence-electron chi connectivity index (χ1n) is 6.43. The Kier molecular flexibility index (Phi) is 5.48. The van der Waals surface area contributed by atoms with E-state index in [4.69, 9.17) is 0 Å². The topological polar surface area (TPSA) is 15.3 Å². The van der Waals surface area contributed by atoms with Gasteiger partial charge >= 0.3 is 0 Å². The lowest BCUT2D eigenvalue weighted by atomic mass is 10.1. The Hall–Kier alpha value is 0.100. The number of hydrogen-bond acceptors (Lipinski definition) is 3. The molecule has 1 aromatic rings. The Morgan fingerprint density at radius 2 is 2.12 bits per heavy atom. The lowest BCUT2D eigenvalue weighted by Crippen LogP contribution is -2.35. The highest BCUT2D eigenvalue weighted by molar-refractivity contribution is 9.10. The second-order valence-electron chi connectivity index (χ2n) is 4.70. The molecule has 1 fully saturated rings. The fourth-order valence-corrected chi connectivity index (χ4v) is 3.81. The zero-order valence-electron chi connectivity index (χ0n) is 10.5. The number of thiophene rings is 1. The third kappa shape index (κ3) is 4.36. The van der Waals surface area contributed by atoms with Crippen LogP contribution in [0.15, 0.2) is 10.5 Å². The molecule has 4 heteroatoms. The van der Waals surface area contributed by atoms with Crippen LogP contribution in [0.1, 0.15) is 29.0 Å². The molecular formula is C13H21BrN2S. The van der Waals surface area contributed by atoms with Crippen molar-refractivity contribution in [3.05, 3.63) is 20.3 Å². The summed E-state index contributed by atoms with van der Waals surface area (Å²) in [5, 5.41) is 3.54. The van der Waals surface area contributed by atoms with Gasteiger partial charge in [0, 0.05) is 33.9 Å². The third-order valence-corrected chi connectivity index (χ3v) is 5.40. The summed E-state index contributed by atoms with van der Waals surface area (Å²) < 4.78 is 1.25. The number of nitrogens with zero attached hydrogens (tertiary/aromatic N) is 1. The van der Waals surface area contributed by atoms with Crippen molar-refractivity contribution < 1.29 is 0 Å². The smallest absolute Gasteiger partial charge is 0.0314 e. The molecular weight excluding hydrogens is 296 g/mol. The van der Waals surface area contributed by atoms with Crippen molar-refractivity contribution in [2.45, 2.75) is 32.7 Å². The van der Waals surface area contributed by atoms with Crippen molar-refractivity contribution in [3.63, 3.8) is 0 Å². The number of rotatable bonds is 5. The highest BCUT2D eigenvalue weighted by Gasteiger charge is 2.09. The molecule has 0 radical (unpaired) electrons. The van der Waals surface area contributed by atoms with Gasteiger partial charge in [-0.3, -0.25) is 0 Å². The Morgan fingerprint density at radius 1 is 1.35 bits per heavy atom.